The number of aromatic nitrogens is 1. The van der Waals surface area contributed by atoms with Crippen molar-refractivity contribution in [1.29, 1.82) is 0 Å². The molecule has 0 bridgehead atoms. The Balaban J connectivity index is 1.23. The van der Waals surface area contributed by atoms with E-state index in [1.54, 1.807) is 10.4 Å². The van der Waals surface area contributed by atoms with Gasteiger partial charge in [-0.3, -0.25) is 9.59 Å². The van der Waals surface area contributed by atoms with E-state index in [0.717, 1.165) is 31.7 Å². The summed E-state index contributed by atoms with van der Waals surface area (Å²) in [4.78, 5) is 27.6. The van der Waals surface area contributed by atoms with E-state index in [0.29, 0.717) is 47.6 Å². The molecular formula is C24H25ClF3N3O2S. The van der Waals surface area contributed by atoms with Crippen molar-refractivity contribution in [3.63, 3.8) is 0 Å². The summed E-state index contributed by atoms with van der Waals surface area (Å²) >= 11 is 10.7. The molecule has 3 aliphatic rings. The van der Waals surface area contributed by atoms with E-state index < -0.39 is 11.9 Å². The molecule has 1 aromatic heterocycles. The zero-order chi connectivity index (χ0) is 24.3. The number of fused-ring (bicyclic) bond motifs is 1. The SMILES string of the molecule is O=C1CC2(C1)CC(C(=O)NC1CCC(N(S)c3cc(C(F)(F)F)nc4ccc(Cl)cc34)CC1)C2. The lowest BCUT2D eigenvalue weighted by atomic mass is 9.51. The highest BCUT2D eigenvalue weighted by molar-refractivity contribution is 7.81. The lowest BCUT2D eigenvalue weighted by molar-refractivity contribution is -0.150. The zero-order valence-corrected chi connectivity index (χ0v) is 20.0. The molecule has 1 heterocycles. The molecule has 1 N–H and O–H groups in total. The first-order valence-corrected chi connectivity index (χ1v) is 12.3. The van der Waals surface area contributed by atoms with E-state index >= 15 is 0 Å². The third-order valence-electron chi connectivity index (χ3n) is 7.55. The number of anilines is 1. The summed E-state index contributed by atoms with van der Waals surface area (Å²) in [6.45, 7) is 0. The van der Waals surface area contributed by atoms with Crippen molar-refractivity contribution in [2.75, 3.05) is 4.31 Å². The number of carbonyl (C=O) groups is 2. The van der Waals surface area contributed by atoms with Crippen molar-refractivity contribution in [2.45, 2.75) is 69.6 Å². The molecule has 1 amide bonds. The summed E-state index contributed by atoms with van der Waals surface area (Å²) in [5, 5.41) is 4.06. The number of thiol groups is 1. The minimum absolute atomic E-state index is 0.0130. The van der Waals surface area contributed by atoms with Gasteiger partial charge >= 0.3 is 6.18 Å². The Kier molecular flexibility index (Phi) is 5.99. The Morgan fingerprint density at radius 3 is 2.44 bits per heavy atom. The van der Waals surface area contributed by atoms with Gasteiger partial charge in [-0.2, -0.15) is 13.2 Å². The van der Waals surface area contributed by atoms with E-state index in [2.05, 4.69) is 23.1 Å². The van der Waals surface area contributed by atoms with Gasteiger partial charge in [-0.15, -0.1) is 0 Å². The minimum Gasteiger partial charge on any atom is -0.353 e. The highest BCUT2D eigenvalue weighted by Gasteiger charge is 2.54. The second-order valence-electron chi connectivity index (χ2n) is 10.0. The third kappa shape index (κ3) is 4.49. The fourth-order valence-corrected chi connectivity index (χ4v) is 6.31. The molecule has 3 aliphatic carbocycles. The van der Waals surface area contributed by atoms with Crippen LogP contribution in [0.25, 0.3) is 10.9 Å². The number of halogens is 4. The molecule has 0 atom stereocenters. The molecule has 0 saturated heterocycles. The van der Waals surface area contributed by atoms with Gasteiger partial charge in [0.25, 0.3) is 0 Å². The topological polar surface area (TPSA) is 62.3 Å². The molecule has 10 heteroatoms. The van der Waals surface area contributed by atoms with Gasteiger partial charge in [0.1, 0.15) is 11.5 Å². The smallest absolute Gasteiger partial charge is 0.353 e. The molecule has 0 radical (unpaired) electrons. The van der Waals surface area contributed by atoms with E-state index in [9.17, 15) is 22.8 Å². The number of ketones is 1. The molecule has 5 rings (SSSR count). The van der Waals surface area contributed by atoms with Gasteiger partial charge in [-0.1, -0.05) is 24.4 Å². The number of hydrogen-bond acceptors (Lipinski definition) is 5. The molecule has 182 valence electrons. The molecule has 3 saturated carbocycles. The van der Waals surface area contributed by atoms with Crippen LogP contribution in [0, 0.1) is 11.3 Å². The molecule has 1 aromatic carbocycles. The highest BCUT2D eigenvalue weighted by Crippen LogP contribution is 2.57. The maximum absolute atomic E-state index is 13.5. The van der Waals surface area contributed by atoms with Gasteiger partial charge in [0.2, 0.25) is 5.91 Å². The molecule has 2 aromatic rings. The van der Waals surface area contributed by atoms with Crippen LogP contribution in [0.2, 0.25) is 5.02 Å². The predicted octanol–water partition coefficient (Wildman–Crippen LogP) is 5.74. The molecule has 0 aliphatic heterocycles. The summed E-state index contributed by atoms with van der Waals surface area (Å²) in [5.41, 5.74) is -0.343. The van der Waals surface area contributed by atoms with E-state index in [4.69, 9.17) is 11.6 Å². The van der Waals surface area contributed by atoms with Gasteiger partial charge in [0, 0.05) is 41.3 Å². The van der Waals surface area contributed by atoms with E-state index in [1.807, 2.05) is 0 Å². The maximum Gasteiger partial charge on any atom is 0.433 e. The Labute approximate surface area is 206 Å². The normalized spacial score (nSPS) is 24.6. The molecule has 34 heavy (non-hydrogen) atoms. The van der Waals surface area contributed by atoms with Gasteiger partial charge < -0.3 is 9.62 Å². The number of nitrogens with one attached hydrogen (secondary N) is 1. The van der Waals surface area contributed by atoms with Crippen LogP contribution >= 0.6 is 24.4 Å². The maximum atomic E-state index is 13.5. The number of amides is 1. The van der Waals surface area contributed by atoms with Crippen molar-refractivity contribution >= 4 is 52.7 Å². The van der Waals surface area contributed by atoms with Crippen LogP contribution in [-0.4, -0.2) is 28.8 Å². The van der Waals surface area contributed by atoms with Gasteiger partial charge in [-0.25, -0.2) is 4.98 Å². The van der Waals surface area contributed by atoms with Crippen molar-refractivity contribution in [1.82, 2.24) is 10.3 Å². The molecule has 5 nitrogen and oxygen atoms in total. The lowest BCUT2D eigenvalue weighted by Gasteiger charge is -2.52. The summed E-state index contributed by atoms with van der Waals surface area (Å²) in [7, 11) is 0. The van der Waals surface area contributed by atoms with Crippen LogP contribution in [0.3, 0.4) is 0 Å². The van der Waals surface area contributed by atoms with Crippen molar-refractivity contribution < 1.29 is 22.8 Å². The number of nitrogens with zero attached hydrogens (tertiary/aromatic N) is 2. The fourth-order valence-electron chi connectivity index (χ4n) is 5.74. The minimum atomic E-state index is -4.58. The number of rotatable bonds is 4. The summed E-state index contributed by atoms with van der Waals surface area (Å²) in [6, 6.07) is 5.58. The summed E-state index contributed by atoms with van der Waals surface area (Å²) < 4.78 is 42.0. The van der Waals surface area contributed by atoms with E-state index in [-0.39, 0.29) is 34.8 Å². The highest BCUT2D eigenvalue weighted by atomic mass is 35.5. The van der Waals surface area contributed by atoms with Crippen LogP contribution in [0.5, 0.6) is 0 Å². The molecule has 1 spiro atoms. The standard InChI is InChI=1S/C24H25ClF3N3O2S/c25-14-1-6-19-18(7-14)20(8-21(30-19)24(26,27)28)31(34)16-4-2-15(3-5-16)29-22(33)13-9-23(10-13)11-17(32)12-23/h1,6-8,13,15-16,34H,2-5,9-12H2,(H,29,33). The van der Waals surface area contributed by atoms with E-state index in [1.165, 1.54) is 12.1 Å². The fraction of sp³-hybridized carbons (Fsp3) is 0.542. The Hall–Kier alpha value is -2.00. The molecule has 3 fully saturated rings. The first kappa shape index (κ1) is 23.7. The zero-order valence-electron chi connectivity index (χ0n) is 18.4. The third-order valence-corrected chi connectivity index (χ3v) is 8.33. The first-order valence-electron chi connectivity index (χ1n) is 11.5. The lowest BCUT2D eigenvalue weighted by Crippen LogP contribution is -2.54. The van der Waals surface area contributed by atoms with Crippen LogP contribution < -0.4 is 9.62 Å². The number of Topliss-reactive ketones (excluding diaryl/α,β-unsaturated/α-hetero) is 1. The Morgan fingerprint density at radius 1 is 1.15 bits per heavy atom. The van der Waals surface area contributed by atoms with Crippen LogP contribution in [0.4, 0.5) is 18.9 Å². The van der Waals surface area contributed by atoms with Crippen LogP contribution in [-0.2, 0) is 15.8 Å². The number of pyridine rings is 1. The number of hydrogen-bond donors (Lipinski definition) is 2. The predicted molar refractivity (Wildman–Crippen MR) is 127 cm³/mol. The molecule has 0 unspecified atom stereocenters. The summed E-state index contributed by atoms with van der Waals surface area (Å²) in [6.07, 6.45) is 1.06. The van der Waals surface area contributed by atoms with Gasteiger partial charge in [0.15, 0.2) is 0 Å². The summed E-state index contributed by atoms with van der Waals surface area (Å²) in [5.74, 6) is 0.335. The Morgan fingerprint density at radius 2 is 1.82 bits per heavy atom. The average molecular weight is 512 g/mol. The quantitative estimate of drug-likeness (QED) is 0.513. The largest absolute Gasteiger partial charge is 0.433 e. The van der Waals surface area contributed by atoms with Crippen LogP contribution in [0.15, 0.2) is 24.3 Å². The van der Waals surface area contributed by atoms with Crippen molar-refractivity contribution in [2.24, 2.45) is 11.3 Å². The van der Waals surface area contributed by atoms with Crippen molar-refractivity contribution in [3.05, 3.63) is 35.0 Å². The number of carbonyl (C=O) groups excluding carboxylic acids is 2. The first-order chi connectivity index (χ1) is 16.0. The second-order valence-corrected chi connectivity index (χ2v) is 10.9. The van der Waals surface area contributed by atoms with Gasteiger partial charge in [-0.05, 0) is 68.2 Å². The number of benzene rings is 1. The average Bonchev–Trinajstić information content (AvgIpc) is 2.73. The van der Waals surface area contributed by atoms with Crippen molar-refractivity contribution in [3.8, 4) is 0 Å². The van der Waals surface area contributed by atoms with Gasteiger partial charge in [0.05, 0.1) is 11.2 Å². The monoisotopic (exact) mass is 511 g/mol. The Bertz CT molecular complexity index is 1130. The second kappa shape index (κ2) is 8.59. The molecular weight excluding hydrogens is 487 g/mol. The van der Waals surface area contributed by atoms with Crippen LogP contribution in [0.1, 0.15) is 57.1 Å². The number of alkyl halides is 3.